The van der Waals surface area contributed by atoms with Crippen LogP contribution in [0.15, 0.2) is 29.8 Å². The van der Waals surface area contributed by atoms with E-state index in [-0.39, 0.29) is 17.6 Å². The summed E-state index contributed by atoms with van der Waals surface area (Å²) < 4.78 is 26.1. The van der Waals surface area contributed by atoms with Crippen LogP contribution in [-0.4, -0.2) is 48.0 Å². The molecule has 128 valence electrons. The van der Waals surface area contributed by atoms with Crippen molar-refractivity contribution in [2.75, 3.05) is 36.4 Å². The van der Waals surface area contributed by atoms with Crippen molar-refractivity contribution >= 4 is 28.1 Å². The summed E-state index contributed by atoms with van der Waals surface area (Å²) in [6.07, 6.45) is 1.78. The number of hydrogen-bond acceptors (Lipinski definition) is 5. The first-order valence-corrected chi connectivity index (χ1v) is 8.57. The van der Waals surface area contributed by atoms with E-state index in [2.05, 4.69) is 20.1 Å². The van der Waals surface area contributed by atoms with Gasteiger partial charge in [-0.25, -0.2) is 13.8 Å². The highest BCUT2D eigenvalue weighted by atomic mass is 32.1. The van der Waals surface area contributed by atoms with Gasteiger partial charge in [-0.1, -0.05) is 0 Å². The number of nitrogens with zero attached hydrogens (tertiary/aromatic N) is 3. The zero-order valence-electron chi connectivity index (χ0n) is 13.2. The highest BCUT2D eigenvalue weighted by Gasteiger charge is 2.26. The molecule has 0 spiro atoms. The normalized spacial score (nSPS) is 16.9. The number of rotatable bonds is 4. The first-order chi connectivity index (χ1) is 11.5. The Morgan fingerprint density at radius 3 is 2.62 bits per heavy atom. The van der Waals surface area contributed by atoms with E-state index in [1.807, 2.05) is 12.3 Å². The Morgan fingerprint density at radius 1 is 1.25 bits per heavy atom. The molecular formula is C16H18F2N4OS. The number of thiazole rings is 1. The molecule has 2 heterocycles. The number of nitrogens with one attached hydrogen (secondary N) is 1. The third-order valence-corrected chi connectivity index (χ3v) is 4.95. The second-order valence-corrected chi connectivity index (χ2v) is 6.50. The predicted molar refractivity (Wildman–Crippen MR) is 90.3 cm³/mol. The summed E-state index contributed by atoms with van der Waals surface area (Å²) in [5, 5.41) is 5.57. The molecule has 1 aromatic carbocycles. The van der Waals surface area contributed by atoms with Crippen molar-refractivity contribution in [3.8, 4) is 0 Å². The van der Waals surface area contributed by atoms with Crippen molar-refractivity contribution in [3.05, 3.63) is 41.4 Å². The van der Waals surface area contributed by atoms with Gasteiger partial charge in [0.1, 0.15) is 0 Å². The fourth-order valence-corrected chi connectivity index (χ4v) is 3.36. The molecular weight excluding hydrogens is 334 g/mol. The summed E-state index contributed by atoms with van der Waals surface area (Å²) in [4.78, 5) is 20.9. The lowest BCUT2D eigenvalue weighted by atomic mass is 10.2. The smallest absolute Gasteiger partial charge is 0.241 e. The topological polar surface area (TPSA) is 48.5 Å². The summed E-state index contributed by atoms with van der Waals surface area (Å²) in [6, 6.07) is 2.99. The second-order valence-electron chi connectivity index (χ2n) is 5.63. The maximum Gasteiger partial charge on any atom is 0.241 e. The van der Waals surface area contributed by atoms with E-state index in [4.69, 9.17) is 0 Å². The Bertz CT molecular complexity index is 702. The number of aromatic nitrogens is 1. The average molecular weight is 352 g/mol. The molecule has 1 atom stereocenters. The van der Waals surface area contributed by atoms with Crippen LogP contribution >= 0.6 is 11.3 Å². The number of piperazine rings is 1. The number of carbonyl (C=O) groups is 1. The minimum absolute atomic E-state index is 0.233. The first kappa shape index (κ1) is 16.8. The molecule has 1 N–H and O–H groups in total. The van der Waals surface area contributed by atoms with Gasteiger partial charge in [0.2, 0.25) is 5.91 Å². The largest absolute Gasteiger partial charge is 0.346 e. The van der Waals surface area contributed by atoms with Crippen LogP contribution in [0.4, 0.5) is 19.6 Å². The zero-order valence-corrected chi connectivity index (χ0v) is 14.0. The number of anilines is 2. The highest BCUT2D eigenvalue weighted by Crippen LogP contribution is 2.20. The Morgan fingerprint density at radius 2 is 2.00 bits per heavy atom. The molecule has 24 heavy (non-hydrogen) atoms. The molecule has 1 aliphatic heterocycles. The number of halogens is 2. The van der Waals surface area contributed by atoms with Crippen LogP contribution in [0.1, 0.15) is 6.92 Å². The van der Waals surface area contributed by atoms with Gasteiger partial charge in [-0.3, -0.25) is 9.69 Å². The van der Waals surface area contributed by atoms with Crippen LogP contribution in [0, 0.1) is 11.6 Å². The Hall–Kier alpha value is -2.06. The minimum atomic E-state index is -0.975. The van der Waals surface area contributed by atoms with Crippen molar-refractivity contribution in [1.82, 2.24) is 9.88 Å². The summed E-state index contributed by atoms with van der Waals surface area (Å²) in [5.41, 5.74) is 0.257. The van der Waals surface area contributed by atoms with E-state index in [0.29, 0.717) is 0 Å². The summed E-state index contributed by atoms with van der Waals surface area (Å²) in [5.74, 6) is -2.14. The highest BCUT2D eigenvalue weighted by molar-refractivity contribution is 7.13. The van der Waals surface area contributed by atoms with Gasteiger partial charge in [-0.05, 0) is 19.1 Å². The average Bonchev–Trinajstić information content (AvgIpc) is 3.12. The fourth-order valence-electron chi connectivity index (χ4n) is 2.66. The molecule has 8 heteroatoms. The third-order valence-electron chi connectivity index (χ3n) is 4.12. The van der Waals surface area contributed by atoms with Gasteiger partial charge in [0.15, 0.2) is 16.8 Å². The van der Waals surface area contributed by atoms with Gasteiger partial charge in [-0.15, -0.1) is 11.3 Å². The van der Waals surface area contributed by atoms with Crippen molar-refractivity contribution in [1.29, 1.82) is 0 Å². The Labute approximate surface area is 142 Å². The molecule has 1 aromatic heterocycles. The van der Waals surface area contributed by atoms with E-state index in [1.165, 1.54) is 6.07 Å². The van der Waals surface area contributed by atoms with Crippen LogP contribution in [0.25, 0.3) is 0 Å². The lowest BCUT2D eigenvalue weighted by molar-refractivity contribution is -0.120. The molecule has 1 aliphatic rings. The van der Waals surface area contributed by atoms with Crippen molar-refractivity contribution in [2.45, 2.75) is 13.0 Å². The van der Waals surface area contributed by atoms with Crippen molar-refractivity contribution < 1.29 is 13.6 Å². The molecule has 0 saturated carbocycles. The summed E-state index contributed by atoms with van der Waals surface area (Å²) in [7, 11) is 0. The van der Waals surface area contributed by atoms with Crippen molar-refractivity contribution in [2.24, 2.45) is 0 Å². The fraction of sp³-hybridized carbons (Fsp3) is 0.375. The van der Waals surface area contributed by atoms with Gasteiger partial charge < -0.3 is 10.2 Å². The van der Waals surface area contributed by atoms with Gasteiger partial charge in [0.05, 0.1) is 6.04 Å². The van der Waals surface area contributed by atoms with E-state index >= 15 is 0 Å². The minimum Gasteiger partial charge on any atom is -0.346 e. The predicted octanol–water partition coefficient (Wildman–Crippen LogP) is 2.57. The van der Waals surface area contributed by atoms with Crippen LogP contribution in [-0.2, 0) is 4.79 Å². The van der Waals surface area contributed by atoms with Crippen LogP contribution in [0.5, 0.6) is 0 Å². The second kappa shape index (κ2) is 7.23. The first-order valence-electron chi connectivity index (χ1n) is 7.69. The third kappa shape index (κ3) is 3.70. The molecule has 2 aromatic rings. The standard InChI is InChI=1S/C16H18F2N4OS/c1-11(15(23)20-12-2-3-13(17)14(18)10-12)21-5-7-22(8-6-21)16-19-4-9-24-16/h2-4,9-11H,5-8H2,1H3,(H,20,23)/t11-/m0/s1. The van der Waals surface area contributed by atoms with Gasteiger partial charge >= 0.3 is 0 Å². The quantitative estimate of drug-likeness (QED) is 0.919. The monoisotopic (exact) mass is 352 g/mol. The molecule has 0 radical (unpaired) electrons. The Balaban J connectivity index is 1.55. The molecule has 5 nitrogen and oxygen atoms in total. The molecule has 0 unspecified atom stereocenters. The molecule has 0 aliphatic carbocycles. The molecule has 1 fully saturated rings. The van der Waals surface area contributed by atoms with Crippen LogP contribution in [0.2, 0.25) is 0 Å². The maximum absolute atomic E-state index is 13.2. The van der Waals surface area contributed by atoms with E-state index in [0.717, 1.165) is 43.4 Å². The van der Waals surface area contributed by atoms with Gasteiger partial charge in [0, 0.05) is 49.5 Å². The SMILES string of the molecule is C[C@@H](C(=O)Nc1ccc(F)c(F)c1)N1CCN(c2nccs2)CC1. The maximum atomic E-state index is 13.2. The van der Waals surface area contributed by atoms with E-state index < -0.39 is 11.6 Å². The van der Waals surface area contributed by atoms with Gasteiger partial charge in [0.25, 0.3) is 0 Å². The molecule has 0 bridgehead atoms. The molecule has 3 rings (SSSR count). The van der Waals surface area contributed by atoms with E-state index in [9.17, 15) is 13.6 Å². The Kier molecular flexibility index (Phi) is 5.06. The van der Waals surface area contributed by atoms with Gasteiger partial charge in [-0.2, -0.15) is 0 Å². The number of benzene rings is 1. The lowest BCUT2D eigenvalue weighted by Crippen LogP contribution is -2.52. The number of hydrogen-bond donors (Lipinski definition) is 1. The van der Waals surface area contributed by atoms with E-state index in [1.54, 1.807) is 17.5 Å². The number of amides is 1. The lowest BCUT2D eigenvalue weighted by Gasteiger charge is -2.37. The summed E-state index contributed by atoms with van der Waals surface area (Å²) in [6.45, 7) is 4.90. The van der Waals surface area contributed by atoms with Crippen LogP contribution in [0.3, 0.4) is 0 Å². The summed E-state index contributed by atoms with van der Waals surface area (Å²) >= 11 is 1.60. The van der Waals surface area contributed by atoms with Crippen molar-refractivity contribution in [3.63, 3.8) is 0 Å². The van der Waals surface area contributed by atoms with Crippen LogP contribution < -0.4 is 10.2 Å². The molecule has 1 saturated heterocycles. The zero-order chi connectivity index (χ0) is 17.1. The number of carbonyl (C=O) groups excluding carboxylic acids is 1. The molecule has 1 amide bonds.